The molecule has 7 nitrogen and oxygen atoms in total. The molecule has 0 bridgehead atoms. The number of ether oxygens (including phenoxy) is 2. The summed E-state index contributed by atoms with van der Waals surface area (Å²) in [4.78, 5) is 18.8. The summed E-state index contributed by atoms with van der Waals surface area (Å²) in [7, 11) is 0. The van der Waals surface area contributed by atoms with Crippen molar-refractivity contribution in [1.29, 1.82) is 0 Å². The lowest BCUT2D eigenvalue weighted by Gasteiger charge is -2.39. The molecule has 3 heterocycles. The summed E-state index contributed by atoms with van der Waals surface area (Å²) in [5.41, 5.74) is 4.49. The van der Waals surface area contributed by atoms with E-state index in [-0.39, 0.29) is 24.7 Å². The highest BCUT2D eigenvalue weighted by Gasteiger charge is 2.33. The predicted octanol–water partition coefficient (Wildman–Crippen LogP) is 4.54. The molecule has 0 spiro atoms. The lowest BCUT2D eigenvalue weighted by Crippen LogP contribution is -2.41. The van der Waals surface area contributed by atoms with Crippen LogP contribution in [0.5, 0.6) is 0 Å². The second-order valence-corrected chi connectivity index (χ2v) is 9.88. The number of nitrogens with zero attached hydrogens (tertiary/aromatic N) is 2. The van der Waals surface area contributed by atoms with Crippen molar-refractivity contribution in [3.63, 3.8) is 0 Å². The molecular formula is C30H35N3O4. The number of amides is 1. The van der Waals surface area contributed by atoms with Gasteiger partial charge in [-0.05, 0) is 54.8 Å². The van der Waals surface area contributed by atoms with Crippen molar-refractivity contribution < 1.29 is 19.4 Å². The molecule has 5 rings (SSSR count). The van der Waals surface area contributed by atoms with Gasteiger partial charge in [0.15, 0.2) is 6.29 Å². The predicted molar refractivity (Wildman–Crippen MR) is 141 cm³/mol. The van der Waals surface area contributed by atoms with E-state index in [0.717, 1.165) is 48.3 Å². The van der Waals surface area contributed by atoms with E-state index in [1.807, 2.05) is 48.5 Å². The molecular weight excluding hydrogens is 466 g/mol. The fraction of sp³-hybridized carbons (Fsp3) is 0.400. The number of benzene rings is 2. The summed E-state index contributed by atoms with van der Waals surface area (Å²) >= 11 is 0. The summed E-state index contributed by atoms with van der Waals surface area (Å²) in [5.74, 6) is -0.147. The number of hydrogen-bond donors (Lipinski definition) is 2. The van der Waals surface area contributed by atoms with Gasteiger partial charge in [-0.1, -0.05) is 55.0 Å². The van der Waals surface area contributed by atoms with Gasteiger partial charge in [0.2, 0.25) is 0 Å². The molecule has 0 aliphatic carbocycles. The molecule has 2 aliphatic heterocycles. The third-order valence-electron chi connectivity index (χ3n) is 7.15. The monoisotopic (exact) mass is 501 g/mol. The van der Waals surface area contributed by atoms with Crippen LogP contribution in [0.25, 0.3) is 0 Å². The topological polar surface area (TPSA) is 83.9 Å². The molecule has 194 valence electrons. The van der Waals surface area contributed by atoms with Crippen LogP contribution in [0.2, 0.25) is 0 Å². The Balaban J connectivity index is 1.26. The lowest BCUT2D eigenvalue weighted by atomic mass is 9.99. The number of likely N-dealkylation sites (tertiary alicyclic amines) is 1. The second kappa shape index (κ2) is 12.4. The standard InChI is InChI=1S/C30H35N3O4/c34-21-23-8-10-24(11-9-23)28-17-27(20-33-15-2-1-3-16-33)36-30(37-28)25-12-6-22(7-13-25)18-32-29(35)26-5-4-14-31-19-26/h4-14,19,27-28,30,34H,1-3,15-18,20-21H2,(H,32,35)/t27-,28+,30+/m0/s1. The van der Waals surface area contributed by atoms with Crippen LogP contribution in [0.4, 0.5) is 0 Å². The van der Waals surface area contributed by atoms with E-state index >= 15 is 0 Å². The van der Waals surface area contributed by atoms with Crippen molar-refractivity contribution >= 4 is 5.91 Å². The highest BCUT2D eigenvalue weighted by Crippen LogP contribution is 2.38. The van der Waals surface area contributed by atoms with Crippen LogP contribution in [0, 0.1) is 0 Å². The molecule has 2 aromatic carbocycles. The third-order valence-corrected chi connectivity index (χ3v) is 7.15. The van der Waals surface area contributed by atoms with Crippen LogP contribution >= 0.6 is 0 Å². The maximum atomic E-state index is 12.3. The summed E-state index contributed by atoms with van der Waals surface area (Å²) < 4.78 is 13.0. The maximum absolute atomic E-state index is 12.3. The van der Waals surface area contributed by atoms with Gasteiger partial charge >= 0.3 is 0 Å². The number of nitrogens with one attached hydrogen (secondary N) is 1. The summed E-state index contributed by atoms with van der Waals surface area (Å²) in [5, 5.41) is 12.4. The van der Waals surface area contributed by atoms with Gasteiger partial charge < -0.3 is 24.8 Å². The van der Waals surface area contributed by atoms with Crippen molar-refractivity contribution in [3.05, 3.63) is 101 Å². The SMILES string of the molecule is O=C(NCc1ccc([C@@H]2O[C@H](CN3CCCCC3)C[C@H](c3ccc(CO)cc3)O2)cc1)c1cccnc1. The van der Waals surface area contributed by atoms with Gasteiger partial charge in [-0.15, -0.1) is 0 Å². The van der Waals surface area contributed by atoms with E-state index in [1.54, 1.807) is 24.5 Å². The minimum Gasteiger partial charge on any atom is -0.392 e. The van der Waals surface area contributed by atoms with Crippen LogP contribution in [0.15, 0.2) is 73.1 Å². The van der Waals surface area contributed by atoms with Crippen molar-refractivity contribution in [3.8, 4) is 0 Å². The van der Waals surface area contributed by atoms with Gasteiger partial charge in [0.1, 0.15) is 0 Å². The average molecular weight is 502 g/mol. The van der Waals surface area contributed by atoms with Crippen molar-refractivity contribution in [2.45, 2.75) is 57.3 Å². The van der Waals surface area contributed by atoms with E-state index in [4.69, 9.17) is 9.47 Å². The molecule has 0 unspecified atom stereocenters. The summed E-state index contributed by atoms with van der Waals surface area (Å²) in [6, 6.07) is 19.6. The minimum atomic E-state index is -0.468. The number of aromatic nitrogens is 1. The van der Waals surface area contributed by atoms with E-state index in [0.29, 0.717) is 12.1 Å². The zero-order valence-corrected chi connectivity index (χ0v) is 21.1. The van der Waals surface area contributed by atoms with E-state index < -0.39 is 6.29 Å². The molecule has 3 aromatic rings. The molecule has 37 heavy (non-hydrogen) atoms. The Kier molecular flexibility index (Phi) is 8.58. The zero-order valence-electron chi connectivity index (χ0n) is 21.1. The van der Waals surface area contributed by atoms with Gasteiger partial charge in [0.05, 0.1) is 24.4 Å². The van der Waals surface area contributed by atoms with Gasteiger partial charge in [-0.3, -0.25) is 9.78 Å². The first-order valence-electron chi connectivity index (χ1n) is 13.2. The third kappa shape index (κ3) is 6.81. The molecule has 2 N–H and O–H groups in total. The van der Waals surface area contributed by atoms with Crippen molar-refractivity contribution in [2.24, 2.45) is 0 Å². The highest BCUT2D eigenvalue weighted by molar-refractivity contribution is 5.93. The fourth-order valence-corrected chi connectivity index (χ4v) is 5.04. The molecule has 0 saturated carbocycles. The van der Waals surface area contributed by atoms with Gasteiger partial charge in [-0.2, -0.15) is 0 Å². The Morgan fingerprint density at radius 2 is 1.68 bits per heavy atom. The number of carbonyl (C=O) groups is 1. The van der Waals surface area contributed by atoms with Crippen LogP contribution < -0.4 is 5.32 Å². The molecule has 7 heteroatoms. The molecule has 1 aromatic heterocycles. The minimum absolute atomic E-state index is 0.0319. The number of aliphatic hydroxyl groups excluding tert-OH is 1. The van der Waals surface area contributed by atoms with Gasteiger partial charge in [-0.25, -0.2) is 0 Å². The Bertz CT molecular complexity index is 1130. The van der Waals surface area contributed by atoms with Crippen LogP contribution in [-0.2, 0) is 22.6 Å². The Labute approximate surface area is 218 Å². The maximum Gasteiger partial charge on any atom is 0.253 e. The van der Waals surface area contributed by atoms with Crippen molar-refractivity contribution in [2.75, 3.05) is 19.6 Å². The first-order chi connectivity index (χ1) is 18.2. The van der Waals surface area contributed by atoms with E-state index in [1.165, 1.54) is 19.3 Å². The molecule has 0 radical (unpaired) electrons. The number of aliphatic hydroxyl groups is 1. The van der Waals surface area contributed by atoms with Gasteiger partial charge in [0, 0.05) is 37.5 Å². The number of rotatable bonds is 8. The molecule has 2 fully saturated rings. The first-order valence-corrected chi connectivity index (χ1v) is 13.2. The number of pyridine rings is 1. The largest absolute Gasteiger partial charge is 0.392 e. The zero-order chi connectivity index (χ0) is 25.5. The van der Waals surface area contributed by atoms with Crippen LogP contribution in [-0.4, -0.2) is 46.6 Å². The van der Waals surface area contributed by atoms with Gasteiger partial charge in [0.25, 0.3) is 5.91 Å². The quantitative estimate of drug-likeness (QED) is 0.472. The highest BCUT2D eigenvalue weighted by atomic mass is 16.7. The first kappa shape index (κ1) is 25.5. The van der Waals surface area contributed by atoms with Crippen LogP contribution in [0.1, 0.15) is 70.7 Å². The number of piperidine rings is 1. The average Bonchev–Trinajstić information content (AvgIpc) is 2.97. The molecule has 3 atom stereocenters. The number of carbonyl (C=O) groups excluding carboxylic acids is 1. The smallest absolute Gasteiger partial charge is 0.253 e. The van der Waals surface area contributed by atoms with E-state index in [2.05, 4.69) is 15.2 Å². The number of hydrogen-bond acceptors (Lipinski definition) is 6. The Morgan fingerprint density at radius 1 is 0.946 bits per heavy atom. The van der Waals surface area contributed by atoms with Crippen LogP contribution in [0.3, 0.4) is 0 Å². The summed E-state index contributed by atoms with van der Waals surface area (Å²) in [6.45, 7) is 3.62. The lowest BCUT2D eigenvalue weighted by molar-refractivity contribution is -0.253. The fourth-order valence-electron chi connectivity index (χ4n) is 5.04. The molecule has 1 amide bonds. The normalized spacial score (nSPS) is 22.5. The Hall–Kier alpha value is -3.10. The summed E-state index contributed by atoms with van der Waals surface area (Å²) in [6.07, 6.45) is 7.32. The van der Waals surface area contributed by atoms with Crippen molar-refractivity contribution in [1.82, 2.24) is 15.2 Å². The second-order valence-electron chi connectivity index (χ2n) is 9.88. The molecule has 2 aliphatic rings. The van der Waals surface area contributed by atoms with E-state index in [9.17, 15) is 9.90 Å². The Morgan fingerprint density at radius 3 is 2.38 bits per heavy atom. The molecule has 2 saturated heterocycles.